The van der Waals surface area contributed by atoms with Gasteiger partial charge in [-0.2, -0.15) is 0 Å². The van der Waals surface area contributed by atoms with E-state index in [1.165, 1.54) is 83.5 Å². The summed E-state index contributed by atoms with van der Waals surface area (Å²) in [6, 6.07) is -0.649. The standard InChI is InChI=1S/C49H83NO3/c1-3-5-7-9-11-13-15-17-19-20-21-22-23-24-25-26-27-28-29-30-31-33-35-37-39-41-43-45-49(53)50-47(46-51)48(52)44-42-40-38-36-34-32-18-16-14-12-10-8-6-4-2/h5,7,11,13,17,19,21-22,24-25,27-28,34,36,42,44,47-48,51-52H,3-4,6,8-10,12,14-16,18,20,23,26,29-33,35,37-41,43,45-46H2,1-2H3,(H,50,53)/b7-5-,13-11-,19-17-,22-21-,25-24-,28-27-,36-34+,44-42+. The highest BCUT2D eigenvalue weighted by atomic mass is 16.3. The topological polar surface area (TPSA) is 69.6 Å². The highest BCUT2D eigenvalue weighted by Crippen LogP contribution is 2.12. The Hall–Kier alpha value is -2.69. The van der Waals surface area contributed by atoms with Gasteiger partial charge in [-0.15, -0.1) is 0 Å². The molecule has 0 rings (SSSR count). The Bertz CT molecular complexity index is 1010. The third kappa shape index (κ3) is 40.3. The maximum absolute atomic E-state index is 12.4. The molecule has 0 aromatic heterocycles. The molecule has 0 bridgehead atoms. The number of unbranched alkanes of at least 4 members (excludes halogenated alkanes) is 17. The van der Waals surface area contributed by atoms with Crippen LogP contribution in [0.3, 0.4) is 0 Å². The predicted molar refractivity (Wildman–Crippen MR) is 234 cm³/mol. The van der Waals surface area contributed by atoms with Gasteiger partial charge in [0.15, 0.2) is 0 Å². The van der Waals surface area contributed by atoms with Crippen LogP contribution in [0.1, 0.15) is 187 Å². The van der Waals surface area contributed by atoms with Crippen molar-refractivity contribution < 1.29 is 15.0 Å². The van der Waals surface area contributed by atoms with Gasteiger partial charge in [-0.25, -0.2) is 0 Å². The van der Waals surface area contributed by atoms with Gasteiger partial charge in [0.25, 0.3) is 0 Å². The van der Waals surface area contributed by atoms with Crippen LogP contribution in [0.5, 0.6) is 0 Å². The number of rotatable bonds is 38. The first-order valence-corrected chi connectivity index (χ1v) is 22.0. The SMILES string of the molecule is CC/C=C\C/C=C\C/C=C\C/C=C\C/C=C\C/C=C\CCCCCCCCCCC(=O)NC(CO)C(O)/C=C/CC/C=C/CCCCCCCCCC. The summed E-state index contributed by atoms with van der Waals surface area (Å²) in [5.41, 5.74) is 0. The van der Waals surface area contributed by atoms with Crippen LogP contribution in [0.25, 0.3) is 0 Å². The molecule has 0 saturated carbocycles. The van der Waals surface area contributed by atoms with Crippen molar-refractivity contribution in [2.75, 3.05) is 6.61 Å². The molecule has 2 unspecified atom stereocenters. The highest BCUT2D eigenvalue weighted by Gasteiger charge is 2.17. The predicted octanol–water partition coefficient (Wildman–Crippen LogP) is 13.8. The number of carbonyl (C=O) groups is 1. The van der Waals surface area contributed by atoms with Crippen LogP contribution in [-0.2, 0) is 4.79 Å². The van der Waals surface area contributed by atoms with Gasteiger partial charge < -0.3 is 15.5 Å². The minimum Gasteiger partial charge on any atom is -0.394 e. The number of aliphatic hydroxyl groups is 2. The molecular weight excluding hydrogens is 651 g/mol. The van der Waals surface area contributed by atoms with Gasteiger partial charge in [0.05, 0.1) is 18.8 Å². The van der Waals surface area contributed by atoms with Crippen molar-refractivity contribution in [3.8, 4) is 0 Å². The van der Waals surface area contributed by atoms with E-state index in [9.17, 15) is 15.0 Å². The second-order valence-corrected chi connectivity index (χ2v) is 14.4. The molecule has 0 aliphatic rings. The summed E-state index contributed by atoms with van der Waals surface area (Å²) in [5.74, 6) is -0.0882. The average Bonchev–Trinajstić information content (AvgIpc) is 3.16. The molecule has 0 heterocycles. The van der Waals surface area contributed by atoms with Gasteiger partial charge in [-0.05, 0) is 83.5 Å². The lowest BCUT2D eigenvalue weighted by Gasteiger charge is -2.19. The summed E-state index contributed by atoms with van der Waals surface area (Å²) < 4.78 is 0. The normalized spacial score (nSPS) is 14.0. The van der Waals surface area contributed by atoms with Crippen molar-refractivity contribution in [2.24, 2.45) is 0 Å². The molecule has 0 fully saturated rings. The lowest BCUT2D eigenvalue weighted by atomic mass is 10.1. The molecule has 4 nitrogen and oxygen atoms in total. The lowest BCUT2D eigenvalue weighted by Crippen LogP contribution is -2.45. The summed E-state index contributed by atoms with van der Waals surface area (Å²) in [5, 5.41) is 22.9. The third-order valence-electron chi connectivity index (χ3n) is 9.30. The van der Waals surface area contributed by atoms with E-state index in [2.05, 4.69) is 104 Å². The van der Waals surface area contributed by atoms with E-state index in [1.807, 2.05) is 6.08 Å². The Morgan fingerprint density at radius 2 is 0.849 bits per heavy atom. The number of hydrogen-bond acceptors (Lipinski definition) is 3. The van der Waals surface area contributed by atoms with Crippen LogP contribution in [0.15, 0.2) is 97.2 Å². The van der Waals surface area contributed by atoms with Gasteiger partial charge >= 0.3 is 0 Å². The number of aliphatic hydroxyl groups excluding tert-OH is 2. The van der Waals surface area contributed by atoms with E-state index in [0.29, 0.717) is 6.42 Å². The first kappa shape index (κ1) is 50.3. The number of hydrogen-bond donors (Lipinski definition) is 3. The van der Waals surface area contributed by atoms with Gasteiger partial charge in [0.1, 0.15) is 0 Å². The van der Waals surface area contributed by atoms with Crippen LogP contribution >= 0.6 is 0 Å². The van der Waals surface area contributed by atoms with Crippen LogP contribution in [0, 0.1) is 0 Å². The fourth-order valence-corrected chi connectivity index (χ4v) is 5.96. The number of carbonyl (C=O) groups excluding carboxylic acids is 1. The highest BCUT2D eigenvalue weighted by molar-refractivity contribution is 5.76. The maximum atomic E-state index is 12.4. The molecule has 4 heteroatoms. The Balaban J connectivity index is 3.67. The zero-order chi connectivity index (χ0) is 38.6. The molecule has 1 amide bonds. The van der Waals surface area contributed by atoms with Crippen LogP contribution in [0.2, 0.25) is 0 Å². The van der Waals surface area contributed by atoms with Crippen molar-refractivity contribution in [1.82, 2.24) is 5.32 Å². The molecule has 0 aromatic rings. The molecule has 302 valence electrons. The van der Waals surface area contributed by atoms with Crippen LogP contribution in [-0.4, -0.2) is 34.9 Å². The van der Waals surface area contributed by atoms with Gasteiger partial charge in [-0.3, -0.25) is 4.79 Å². The average molecular weight is 734 g/mol. The summed E-state index contributed by atoms with van der Waals surface area (Å²) in [6.45, 7) is 4.16. The minimum atomic E-state index is -0.871. The van der Waals surface area contributed by atoms with E-state index in [0.717, 1.165) is 83.5 Å². The van der Waals surface area contributed by atoms with Gasteiger partial charge in [-0.1, -0.05) is 195 Å². The molecule has 3 N–H and O–H groups in total. The van der Waals surface area contributed by atoms with Gasteiger partial charge in [0, 0.05) is 6.42 Å². The van der Waals surface area contributed by atoms with E-state index in [4.69, 9.17) is 0 Å². The van der Waals surface area contributed by atoms with Crippen molar-refractivity contribution in [3.63, 3.8) is 0 Å². The fourth-order valence-electron chi connectivity index (χ4n) is 5.96. The quantitative estimate of drug-likeness (QED) is 0.0437. The van der Waals surface area contributed by atoms with Crippen molar-refractivity contribution >= 4 is 5.91 Å². The van der Waals surface area contributed by atoms with E-state index in [-0.39, 0.29) is 12.5 Å². The monoisotopic (exact) mass is 734 g/mol. The van der Waals surface area contributed by atoms with Crippen molar-refractivity contribution in [1.29, 1.82) is 0 Å². The second kappa shape index (κ2) is 43.7. The Morgan fingerprint density at radius 3 is 1.32 bits per heavy atom. The number of amides is 1. The summed E-state index contributed by atoms with van der Waals surface area (Å²) in [6.07, 6.45) is 65.1. The Labute approximate surface area is 328 Å². The number of nitrogens with one attached hydrogen (secondary N) is 1. The van der Waals surface area contributed by atoms with Gasteiger partial charge in [0.2, 0.25) is 5.91 Å². The third-order valence-corrected chi connectivity index (χ3v) is 9.30. The molecule has 0 saturated heterocycles. The smallest absolute Gasteiger partial charge is 0.220 e. The lowest BCUT2D eigenvalue weighted by molar-refractivity contribution is -0.123. The fraction of sp³-hybridized carbons (Fsp3) is 0.653. The molecule has 53 heavy (non-hydrogen) atoms. The molecule has 2 atom stereocenters. The Morgan fingerprint density at radius 1 is 0.472 bits per heavy atom. The first-order chi connectivity index (χ1) is 26.2. The minimum absolute atomic E-state index is 0.0882. The maximum Gasteiger partial charge on any atom is 0.220 e. The number of allylic oxidation sites excluding steroid dienone is 15. The second-order valence-electron chi connectivity index (χ2n) is 14.4. The van der Waals surface area contributed by atoms with Crippen LogP contribution < -0.4 is 5.32 Å². The van der Waals surface area contributed by atoms with E-state index >= 15 is 0 Å². The molecule has 0 spiro atoms. The summed E-state index contributed by atoms with van der Waals surface area (Å²) >= 11 is 0. The van der Waals surface area contributed by atoms with E-state index < -0.39 is 12.1 Å². The molecule has 0 aliphatic heterocycles. The molecule has 0 aromatic carbocycles. The summed E-state index contributed by atoms with van der Waals surface area (Å²) in [4.78, 5) is 12.4. The molecule has 0 aliphatic carbocycles. The van der Waals surface area contributed by atoms with Crippen LogP contribution in [0.4, 0.5) is 0 Å². The van der Waals surface area contributed by atoms with Crippen molar-refractivity contribution in [2.45, 2.75) is 199 Å². The molecule has 0 radical (unpaired) electrons. The largest absolute Gasteiger partial charge is 0.394 e. The molecular formula is C49H83NO3. The zero-order valence-electron chi connectivity index (χ0n) is 34.5. The Kier molecular flexibility index (Phi) is 41.5. The summed E-state index contributed by atoms with van der Waals surface area (Å²) in [7, 11) is 0. The zero-order valence-corrected chi connectivity index (χ0v) is 34.5. The van der Waals surface area contributed by atoms with E-state index in [1.54, 1.807) is 6.08 Å². The van der Waals surface area contributed by atoms with Crippen molar-refractivity contribution in [3.05, 3.63) is 97.2 Å². The first-order valence-electron chi connectivity index (χ1n) is 22.0.